The number of halogens is 1. The summed E-state index contributed by atoms with van der Waals surface area (Å²) in [5.41, 5.74) is 2.98. The zero-order valence-corrected chi connectivity index (χ0v) is 12.7. The second-order valence-corrected chi connectivity index (χ2v) is 5.26. The second-order valence-electron chi connectivity index (χ2n) is 5.26. The van der Waals surface area contributed by atoms with Gasteiger partial charge < -0.3 is 0 Å². The molecule has 0 unspecified atom stereocenters. The molecule has 2 aromatic carbocycles. The number of azo groups is 1. The molecule has 0 atom stereocenters. The molecule has 116 valence electrons. The Kier molecular flexibility index (Phi) is 3.59. The first kappa shape index (κ1) is 14.3. The maximum Gasteiger partial charge on any atom is 0.187 e. The van der Waals surface area contributed by atoms with E-state index in [1.807, 2.05) is 59.1 Å². The molecule has 0 bridgehead atoms. The molecule has 0 saturated carbocycles. The normalized spacial score (nSPS) is 11.4. The minimum Gasteiger partial charge on any atom is -0.283 e. The SMILES string of the molecule is Fc1ccc(-c2nc3ccccn3c2N=Nc2ccccc2)cc1. The van der Waals surface area contributed by atoms with Gasteiger partial charge in [0.15, 0.2) is 5.82 Å². The van der Waals surface area contributed by atoms with Crippen LogP contribution in [0.3, 0.4) is 0 Å². The van der Waals surface area contributed by atoms with E-state index in [2.05, 4.69) is 15.2 Å². The van der Waals surface area contributed by atoms with E-state index in [0.29, 0.717) is 11.5 Å². The molecule has 4 rings (SSSR count). The maximum absolute atomic E-state index is 13.2. The molecule has 0 saturated heterocycles. The summed E-state index contributed by atoms with van der Waals surface area (Å²) in [6.45, 7) is 0. The van der Waals surface area contributed by atoms with Crippen LogP contribution >= 0.6 is 0 Å². The van der Waals surface area contributed by atoms with E-state index < -0.39 is 0 Å². The van der Waals surface area contributed by atoms with Gasteiger partial charge >= 0.3 is 0 Å². The molecule has 0 spiro atoms. The highest BCUT2D eigenvalue weighted by Crippen LogP contribution is 2.32. The molecule has 0 amide bonds. The summed E-state index contributed by atoms with van der Waals surface area (Å²) in [5.74, 6) is 0.330. The van der Waals surface area contributed by atoms with E-state index in [0.717, 1.165) is 16.9 Å². The molecule has 0 aliphatic heterocycles. The number of hydrogen-bond donors (Lipinski definition) is 0. The van der Waals surface area contributed by atoms with Gasteiger partial charge in [-0.25, -0.2) is 9.37 Å². The lowest BCUT2D eigenvalue weighted by atomic mass is 10.1. The van der Waals surface area contributed by atoms with Crippen LogP contribution in [0, 0.1) is 5.82 Å². The molecule has 24 heavy (non-hydrogen) atoms. The van der Waals surface area contributed by atoms with E-state index in [4.69, 9.17) is 0 Å². The fourth-order valence-electron chi connectivity index (χ4n) is 2.48. The Bertz CT molecular complexity index is 1000. The first-order valence-electron chi connectivity index (χ1n) is 7.51. The van der Waals surface area contributed by atoms with Crippen molar-refractivity contribution in [3.63, 3.8) is 0 Å². The zero-order chi connectivity index (χ0) is 16.4. The molecule has 0 N–H and O–H groups in total. The molecule has 2 aromatic heterocycles. The van der Waals surface area contributed by atoms with Crippen LogP contribution in [0.25, 0.3) is 16.9 Å². The van der Waals surface area contributed by atoms with Gasteiger partial charge in [-0.2, -0.15) is 0 Å². The van der Waals surface area contributed by atoms with Gasteiger partial charge in [0.1, 0.15) is 17.2 Å². The third-order valence-electron chi connectivity index (χ3n) is 3.64. The highest BCUT2D eigenvalue weighted by molar-refractivity contribution is 5.74. The van der Waals surface area contributed by atoms with Crippen molar-refractivity contribution in [1.29, 1.82) is 0 Å². The Balaban J connectivity index is 1.87. The lowest BCUT2D eigenvalue weighted by Gasteiger charge is -1.99. The van der Waals surface area contributed by atoms with Crippen LogP contribution in [0.2, 0.25) is 0 Å². The van der Waals surface area contributed by atoms with Crippen LogP contribution in [0.4, 0.5) is 15.9 Å². The van der Waals surface area contributed by atoms with Gasteiger partial charge in [-0.3, -0.25) is 4.40 Å². The number of nitrogens with zero attached hydrogens (tertiary/aromatic N) is 4. The lowest BCUT2D eigenvalue weighted by Crippen LogP contribution is -1.82. The number of aromatic nitrogens is 2. The molecular formula is C19H13FN4. The Morgan fingerprint density at radius 1 is 0.792 bits per heavy atom. The number of pyridine rings is 1. The smallest absolute Gasteiger partial charge is 0.187 e. The molecule has 2 heterocycles. The van der Waals surface area contributed by atoms with E-state index in [1.165, 1.54) is 12.1 Å². The summed E-state index contributed by atoms with van der Waals surface area (Å²) < 4.78 is 15.1. The highest BCUT2D eigenvalue weighted by atomic mass is 19.1. The molecular weight excluding hydrogens is 303 g/mol. The van der Waals surface area contributed by atoms with Crippen molar-refractivity contribution in [2.75, 3.05) is 0 Å². The van der Waals surface area contributed by atoms with E-state index in [1.54, 1.807) is 12.1 Å². The Labute approximate surface area is 137 Å². The van der Waals surface area contributed by atoms with Crippen molar-refractivity contribution in [2.45, 2.75) is 0 Å². The molecule has 4 nitrogen and oxygen atoms in total. The van der Waals surface area contributed by atoms with E-state index >= 15 is 0 Å². The van der Waals surface area contributed by atoms with Crippen molar-refractivity contribution < 1.29 is 4.39 Å². The van der Waals surface area contributed by atoms with Crippen LogP contribution in [0.15, 0.2) is 89.2 Å². The Morgan fingerprint density at radius 2 is 1.54 bits per heavy atom. The molecule has 4 aromatic rings. The molecule has 5 heteroatoms. The minimum absolute atomic E-state index is 0.282. The summed E-state index contributed by atoms with van der Waals surface area (Å²) in [6.07, 6.45) is 1.88. The average molecular weight is 316 g/mol. The predicted octanol–water partition coefficient (Wildman–Crippen LogP) is 5.56. The van der Waals surface area contributed by atoms with Crippen LogP contribution in [-0.4, -0.2) is 9.38 Å². The third kappa shape index (κ3) is 2.67. The number of imidazole rings is 1. The second kappa shape index (κ2) is 6.04. The van der Waals surface area contributed by atoms with Gasteiger partial charge in [0.2, 0.25) is 0 Å². The van der Waals surface area contributed by atoms with Crippen molar-refractivity contribution in [2.24, 2.45) is 10.2 Å². The van der Waals surface area contributed by atoms with Crippen LogP contribution in [0.5, 0.6) is 0 Å². The van der Waals surface area contributed by atoms with E-state index in [-0.39, 0.29) is 5.82 Å². The number of hydrogen-bond acceptors (Lipinski definition) is 3. The Hall–Kier alpha value is -3.34. The third-order valence-corrected chi connectivity index (χ3v) is 3.64. The van der Waals surface area contributed by atoms with Gasteiger partial charge in [-0.05, 0) is 48.5 Å². The standard InChI is InChI=1S/C19H13FN4/c20-15-11-9-14(10-12-15)18-19(23-22-16-6-2-1-3-7-16)24-13-5-4-8-17(24)21-18/h1-13H. The summed E-state index contributed by atoms with van der Waals surface area (Å²) in [4.78, 5) is 4.61. The van der Waals surface area contributed by atoms with Gasteiger partial charge in [0.25, 0.3) is 0 Å². The Morgan fingerprint density at radius 3 is 2.33 bits per heavy atom. The topological polar surface area (TPSA) is 42.0 Å². The van der Waals surface area contributed by atoms with E-state index in [9.17, 15) is 4.39 Å². The van der Waals surface area contributed by atoms with Gasteiger partial charge in [0, 0.05) is 11.8 Å². The van der Waals surface area contributed by atoms with Crippen LogP contribution in [0.1, 0.15) is 0 Å². The molecule has 0 fully saturated rings. The number of benzene rings is 2. The quantitative estimate of drug-likeness (QED) is 0.456. The fourth-order valence-corrected chi connectivity index (χ4v) is 2.48. The van der Waals surface area contributed by atoms with Crippen LogP contribution < -0.4 is 0 Å². The van der Waals surface area contributed by atoms with Crippen molar-refractivity contribution in [3.05, 3.63) is 84.8 Å². The first-order chi connectivity index (χ1) is 11.8. The molecule has 0 aliphatic rings. The fraction of sp³-hybridized carbons (Fsp3) is 0. The molecule has 0 aliphatic carbocycles. The van der Waals surface area contributed by atoms with Crippen LogP contribution in [-0.2, 0) is 0 Å². The van der Waals surface area contributed by atoms with Crippen molar-refractivity contribution >= 4 is 17.2 Å². The average Bonchev–Trinajstić information content (AvgIpc) is 3.00. The summed E-state index contributed by atoms with van der Waals surface area (Å²) >= 11 is 0. The summed E-state index contributed by atoms with van der Waals surface area (Å²) in [6, 6.07) is 21.4. The van der Waals surface area contributed by atoms with Gasteiger partial charge in [-0.1, -0.05) is 24.3 Å². The zero-order valence-electron chi connectivity index (χ0n) is 12.7. The lowest BCUT2D eigenvalue weighted by molar-refractivity contribution is 0.628. The first-order valence-corrected chi connectivity index (χ1v) is 7.51. The number of fused-ring (bicyclic) bond motifs is 1. The largest absolute Gasteiger partial charge is 0.283 e. The monoisotopic (exact) mass is 316 g/mol. The number of rotatable bonds is 3. The predicted molar refractivity (Wildman–Crippen MR) is 91.2 cm³/mol. The summed E-state index contributed by atoms with van der Waals surface area (Å²) in [5, 5.41) is 8.69. The molecule has 0 radical (unpaired) electrons. The summed E-state index contributed by atoms with van der Waals surface area (Å²) in [7, 11) is 0. The van der Waals surface area contributed by atoms with Gasteiger partial charge in [0.05, 0.1) is 5.69 Å². The van der Waals surface area contributed by atoms with Gasteiger partial charge in [-0.15, -0.1) is 10.2 Å². The maximum atomic E-state index is 13.2. The van der Waals surface area contributed by atoms with Crippen molar-refractivity contribution in [1.82, 2.24) is 9.38 Å². The highest BCUT2D eigenvalue weighted by Gasteiger charge is 2.13. The minimum atomic E-state index is -0.282. The van der Waals surface area contributed by atoms with Crippen molar-refractivity contribution in [3.8, 4) is 11.3 Å².